The maximum absolute atomic E-state index is 5.68. The molecule has 18 heavy (non-hydrogen) atoms. The zero-order valence-corrected chi connectivity index (χ0v) is 11.5. The smallest absolute Gasteiger partial charge is 0.234 e. The Balaban J connectivity index is 2.12. The van der Waals surface area contributed by atoms with Gasteiger partial charge in [0.2, 0.25) is 11.7 Å². The van der Waals surface area contributed by atoms with Crippen LogP contribution >= 0.6 is 0 Å². The number of hydrogen-bond donors (Lipinski definition) is 1. The largest absolute Gasteiger partial charge is 0.370 e. The molecule has 1 fully saturated rings. The second-order valence-corrected chi connectivity index (χ2v) is 5.18. The van der Waals surface area contributed by atoms with Crippen LogP contribution in [0.3, 0.4) is 0 Å². The second kappa shape index (κ2) is 5.80. The lowest BCUT2D eigenvalue weighted by molar-refractivity contribution is 0.0477. The van der Waals surface area contributed by atoms with Gasteiger partial charge < -0.3 is 14.6 Å². The molecule has 2 atom stereocenters. The van der Waals surface area contributed by atoms with Crippen molar-refractivity contribution in [3.8, 4) is 0 Å². The molecule has 1 saturated heterocycles. The molecule has 2 unspecified atom stereocenters. The van der Waals surface area contributed by atoms with Crippen molar-refractivity contribution in [2.24, 2.45) is 0 Å². The predicted octanol–water partition coefficient (Wildman–Crippen LogP) is 2.20. The molecule has 0 amide bonds. The first-order valence-electron chi connectivity index (χ1n) is 6.86. The van der Waals surface area contributed by atoms with Crippen molar-refractivity contribution in [2.45, 2.75) is 51.6 Å². The molecule has 1 aromatic rings. The van der Waals surface area contributed by atoms with Gasteiger partial charge in [-0.1, -0.05) is 18.5 Å². The average molecular weight is 253 g/mol. The molecule has 0 aromatic carbocycles. The van der Waals surface area contributed by atoms with Gasteiger partial charge in [0.25, 0.3) is 0 Å². The van der Waals surface area contributed by atoms with Crippen LogP contribution in [0, 0.1) is 0 Å². The van der Waals surface area contributed by atoms with Crippen molar-refractivity contribution in [3.05, 3.63) is 11.7 Å². The van der Waals surface area contributed by atoms with E-state index in [1.807, 2.05) is 6.92 Å². The number of nitrogens with zero attached hydrogens (tertiary/aromatic N) is 2. The fraction of sp³-hybridized carbons (Fsp3) is 0.846. The molecule has 1 aromatic heterocycles. The van der Waals surface area contributed by atoms with E-state index in [-0.39, 0.29) is 11.5 Å². The van der Waals surface area contributed by atoms with Gasteiger partial charge in [0.05, 0.1) is 5.41 Å². The van der Waals surface area contributed by atoms with E-state index in [2.05, 4.69) is 29.3 Å². The molecule has 2 heterocycles. The van der Waals surface area contributed by atoms with Gasteiger partial charge in [-0.2, -0.15) is 4.98 Å². The first kappa shape index (κ1) is 13.5. The molecule has 5 nitrogen and oxygen atoms in total. The van der Waals surface area contributed by atoms with E-state index < -0.39 is 0 Å². The Kier molecular flexibility index (Phi) is 4.35. The number of aromatic nitrogens is 2. The van der Waals surface area contributed by atoms with Gasteiger partial charge in [-0.15, -0.1) is 0 Å². The molecule has 102 valence electrons. The molecule has 0 spiro atoms. The average Bonchev–Trinajstić information content (AvgIpc) is 2.98. The van der Waals surface area contributed by atoms with Gasteiger partial charge in [-0.05, 0) is 33.2 Å². The van der Waals surface area contributed by atoms with Gasteiger partial charge in [0.15, 0.2) is 0 Å². The number of hydrogen-bond acceptors (Lipinski definition) is 5. The third kappa shape index (κ3) is 2.72. The summed E-state index contributed by atoms with van der Waals surface area (Å²) in [5.74, 6) is 1.44. The first-order valence-corrected chi connectivity index (χ1v) is 6.86. The predicted molar refractivity (Wildman–Crippen MR) is 68.4 cm³/mol. The summed E-state index contributed by atoms with van der Waals surface area (Å²) >= 11 is 0. The van der Waals surface area contributed by atoms with Gasteiger partial charge in [-0.3, -0.25) is 0 Å². The normalized spacial score (nSPS) is 25.5. The van der Waals surface area contributed by atoms with Crippen molar-refractivity contribution in [1.82, 2.24) is 15.5 Å². The highest BCUT2D eigenvalue weighted by molar-refractivity contribution is 5.08. The summed E-state index contributed by atoms with van der Waals surface area (Å²) in [6.07, 6.45) is 2.99. The van der Waals surface area contributed by atoms with Crippen molar-refractivity contribution in [3.63, 3.8) is 0 Å². The summed E-state index contributed by atoms with van der Waals surface area (Å²) in [5, 5.41) is 7.45. The molecule has 2 rings (SSSR count). The lowest BCUT2D eigenvalue weighted by atomic mass is 9.90. The molecule has 0 radical (unpaired) electrons. The molecule has 1 aliphatic heterocycles. The Morgan fingerprint density at radius 3 is 2.94 bits per heavy atom. The van der Waals surface area contributed by atoms with Crippen LogP contribution in [0.25, 0.3) is 0 Å². The molecular weight excluding hydrogens is 230 g/mol. The number of rotatable bonds is 6. The lowest BCUT2D eigenvalue weighted by Crippen LogP contribution is -2.25. The molecule has 0 bridgehead atoms. The molecule has 5 heteroatoms. The van der Waals surface area contributed by atoms with Crippen LogP contribution < -0.4 is 5.32 Å². The minimum Gasteiger partial charge on any atom is -0.370 e. The molecule has 1 N–H and O–H groups in total. The first-order chi connectivity index (χ1) is 8.69. The summed E-state index contributed by atoms with van der Waals surface area (Å²) in [5.41, 5.74) is -0.0196. The fourth-order valence-corrected chi connectivity index (χ4v) is 2.36. The summed E-state index contributed by atoms with van der Waals surface area (Å²) in [6.45, 7) is 8.88. The van der Waals surface area contributed by atoms with Crippen LogP contribution in [-0.4, -0.2) is 29.8 Å². The molecule has 1 aliphatic rings. The van der Waals surface area contributed by atoms with Crippen molar-refractivity contribution in [2.75, 3.05) is 19.7 Å². The summed E-state index contributed by atoms with van der Waals surface area (Å²) < 4.78 is 11.1. The van der Waals surface area contributed by atoms with Crippen molar-refractivity contribution >= 4 is 0 Å². The molecular formula is C13H23N3O2. The van der Waals surface area contributed by atoms with E-state index in [0.29, 0.717) is 12.4 Å². The van der Waals surface area contributed by atoms with E-state index in [1.54, 1.807) is 0 Å². The third-order valence-corrected chi connectivity index (χ3v) is 3.53. The maximum atomic E-state index is 5.68. The standard InChI is InChI=1S/C13H23N3O2/c1-4-6-10(17-5-2)11-15-12(18-16-11)13(3)7-8-14-9-13/h10,14H,4-9H2,1-3H3. The van der Waals surface area contributed by atoms with E-state index in [9.17, 15) is 0 Å². The van der Waals surface area contributed by atoms with Crippen LogP contribution in [0.15, 0.2) is 4.52 Å². The summed E-state index contributed by atoms with van der Waals surface area (Å²) in [6, 6.07) is 0. The van der Waals surface area contributed by atoms with Crippen LogP contribution in [-0.2, 0) is 10.2 Å². The number of nitrogens with one attached hydrogen (secondary N) is 1. The highest BCUT2D eigenvalue weighted by Crippen LogP contribution is 2.30. The summed E-state index contributed by atoms with van der Waals surface area (Å²) in [4.78, 5) is 4.56. The van der Waals surface area contributed by atoms with E-state index in [4.69, 9.17) is 9.26 Å². The topological polar surface area (TPSA) is 60.2 Å². The lowest BCUT2D eigenvalue weighted by Gasteiger charge is -2.16. The Morgan fingerprint density at radius 2 is 2.33 bits per heavy atom. The highest BCUT2D eigenvalue weighted by Gasteiger charge is 2.36. The van der Waals surface area contributed by atoms with Gasteiger partial charge in [0.1, 0.15) is 6.10 Å². The number of ether oxygens (including phenoxy) is 1. The maximum Gasteiger partial charge on any atom is 0.234 e. The van der Waals surface area contributed by atoms with Gasteiger partial charge >= 0.3 is 0 Å². The van der Waals surface area contributed by atoms with E-state index in [1.165, 1.54) is 0 Å². The Hall–Kier alpha value is -0.940. The quantitative estimate of drug-likeness (QED) is 0.842. The zero-order valence-electron chi connectivity index (χ0n) is 11.5. The minimum atomic E-state index is -0.0320. The Labute approximate surface area is 108 Å². The minimum absolute atomic E-state index is 0.0196. The van der Waals surface area contributed by atoms with Crippen LogP contribution in [0.5, 0.6) is 0 Å². The second-order valence-electron chi connectivity index (χ2n) is 5.18. The van der Waals surface area contributed by atoms with E-state index in [0.717, 1.165) is 38.2 Å². The zero-order chi connectivity index (χ0) is 13.0. The SMILES string of the molecule is CCCC(OCC)c1noc(C2(C)CCNC2)n1. The van der Waals surface area contributed by atoms with Crippen molar-refractivity contribution in [1.29, 1.82) is 0 Å². The van der Waals surface area contributed by atoms with Crippen LogP contribution in [0.4, 0.5) is 0 Å². The fourth-order valence-electron chi connectivity index (χ4n) is 2.36. The molecule has 0 aliphatic carbocycles. The Morgan fingerprint density at radius 1 is 1.50 bits per heavy atom. The third-order valence-electron chi connectivity index (χ3n) is 3.53. The highest BCUT2D eigenvalue weighted by atomic mass is 16.5. The molecule has 0 saturated carbocycles. The summed E-state index contributed by atoms with van der Waals surface area (Å²) in [7, 11) is 0. The van der Waals surface area contributed by atoms with Crippen LogP contribution in [0.1, 0.15) is 57.9 Å². The monoisotopic (exact) mass is 253 g/mol. The van der Waals surface area contributed by atoms with Gasteiger partial charge in [-0.25, -0.2) is 0 Å². The van der Waals surface area contributed by atoms with Crippen LogP contribution in [0.2, 0.25) is 0 Å². The van der Waals surface area contributed by atoms with E-state index >= 15 is 0 Å². The van der Waals surface area contributed by atoms with Gasteiger partial charge in [0, 0.05) is 13.2 Å². The Bertz CT molecular complexity index is 366. The van der Waals surface area contributed by atoms with Crippen molar-refractivity contribution < 1.29 is 9.26 Å².